The van der Waals surface area contributed by atoms with Gasteiger partial charge in [-0.3, -0.25) is 0 Å². The largest absolute Gasteiger partial charge is 0.324 e. The van der Waals surface area contributed by atoms with Crippen LogP contribution in [0.15, 0.2) is 41.3 Å². The molecular formula is C13H15ClN2O2S2. The minimum absolute atomic E-state index is 0.118. The summed E-state index contributed by atoms with van der Waals surface area (Å²) >= 11 is 7.16. The van der Waals surface area contributed by atoms with Crippen LogP contribution < -0.4 is 10.5 Å². The minimum atomic E-state index is -3.52. The Morgan fingerprint density at radius 1 is 1.25 bits per heavy atom. The summed E-state index contributed by atoms with van der Waals surface area (Å²) in [6.45, 7) is 2.08. The maximum atomic E-state index is 12.1. The summed E-state index contributed by atoms with van der Waals surface area (Å²) in [5.74, 6) is 0. The molecular weight excluding hydrogens is 316 g/mol. The first kappa shape index (κ1) is 15.5. The van der Waals surface area contributed by atoms with E-state index < -0.39 is 10.0 Å². The zero-order chi connectivity index (χ0) is 14.8. The van der Waals surface area contributed by atoms with Gasteiger partial charge in [-0.2, -0.15) is 0 Å². The van der Waals surface area contributed by atoms with Crippen molar-refractivity contribution in [3.05, 3.63) is 51.2 Å². The zero-order valence-corrected chi connectivity index (χ0v) is 13.2. The first-order valence-electron chi connectivity index (χ1n) is 5.98. The van der Waals surface area contributed by atoms with Crippen LogP contribution in [-0.4, -0.2) is 8.42 Å². The molecule has 20 heavy (non-hydrogen) atoms. The van der Waals surface area contributed by atoms with E-state index in [1.54, 1.807) is 36.4 Å². The molecule has 1 unspecified atom stereocenters. The van der Waals surface area contributed by atoms with Crippen LogP contribution in [0.5, 0.6) is 0 Å². The SMILES string of the molecule is CC(N)c1ccc(S(=O)(=O)NCc2ccc(Cl)s2)cc1. The van der Waals surface area contributed by atoms with Crippen molar-refractivity contribution in [2.45, 2.75) is 24.4 Å². The lowest BCUT2D eigenvalue weighted by atomic mass is 10.1. The van der Waals surface area contributed by atoms with Gasteiger partial charge in [0.2, 0.25) is 10.0 Å². The highest BCUT2D eigenvalue weighted by Gasteiger charge is 2.14. The molecule has 0 saturated heterocycles. The Morgan fingerprint density at radius 3 is 2.40 bits per heavy atom. The number of hydrogen-bond donors (Lipinski definition) is 2. The van der Waals surface area contributed by atoms with Crippen LogP contribution in [0, 0.1) is 0 Å². The lowest BCUT2D eigenvalue weighted by Crippen LogP contribution is -2.22. The first-order chi connectivity index (χ1) is 9.38. The molecule has 0 aliphatic rings. The second-order valence-corrected chi connectivity index (χ2v) is 7.95. The van der Waals surface area contributed by atoms with Gasteiger partial charge in [-0.15, -0.1) is 11.3 Å². The van der Waals surface area contributed by atoms with E-state index in [4.69, 9.17) is 17.3 Å². The number of rotatable bonds is 5. The van der Waals surface area contributed by atoms with Crippen molar-refractivity contribution < 1.29 is 8.42 Å². The second kappa shape index (κ2) is 6.24. The van der Waals surface area contributed by atoms with Gasteiger partial charge in [-0.1, -0.05) is 23.7 Å². The maximum Gasteiger partial charge on any atom is 0.240 e. The molecule has 2 rings (SSSR count). The summed E-state index contributed by atoms with van der Waals surface area (Å²) in [6.07, 6.45) is 0. The monoisotopic (exact) mass is 330 g/mol. The van der Waals surface area contributed by atoms with Crippen LogP contribution >= 0.6 is 22.9 Å². The molecule has 0 spiro atoms. The minimum Gasteiger partial charge on any atom is -0.324 e. The van der Waals surface area contributed by atoms with Crippen molar-refractivity contribution in [1.29, 1.82) is 0 Å². The topological polar surface area (TPSA) is 72.2 Å². The van der Waals surface area contributed by atoms with Crippen molar-refractivity contribution in [2.75, 3.05) is 0 Å². The Kier molecular flexibility index (Phi) is 4.82. The normalized spacial score (nSPS) is 13.3. The number of thiophene rings is 1. The number of nitrogens with one attached hydrogen (secondary N) is 1. The average Bonchev–Trinajstić information content (AvgIpc) is 2.82. The molecule has 0 amide bonds. The lowest BCUT2D eigenvalue weighted by Gasteiger charge is -2.08. The molecule has 1 aromatic carbocycles. The van der Waals surface area contributed by atoms with Gasteiger partial charge in [-0.05, 0) is 36.8 Å². The summed E-state index contributed by atoms with van der Waals surface area (Å²) < 4.78 is 27.4. The molecule has 0 aliphatic carbocycles. The number of halogens is 1. The molecule has 0 radical (unpaired) electrons. The molecule has 2 aromatic rings. The zero-order valence-electron chi connectivity index (χ0n) is 10.8. The number of benzene rings is 1. The van der Waals surface area contributed by atoms with E-state index in [1.807, 2.05) is 6.92 Å². The summed E-state index contributed by atoms with van der Waals surface area (Å²) in [4.78, 5) is 1.09. The number of sulfonamides is 1. The van der Waals surface area contributed by atoms with E-state index in [9.17, 15) is 8.42 Å². The van der Waals surface area contributed by atoms with Crippen LogP contribution in [0.4, 0.5) is 0 Å². The third-order valence-corrected chi connectivity index (χ3v) is 5.43. The second-order valence-electron chi connectivity index (χ2n) is 4.39. The number of nitrogens with two attached hydrogens (primary N) is 1. The van der Waals surface area contributed by atoms with Crippen molar-refractivity contribution in [3.8, 4) is 0 Å². The van der Waals surface area contributed by atoms with Crippen LogP contribution in [0.3, 0.4) is 0 Å². The number of hydrogen-bond acceptors (Lipinski definition) is 4. The van der Waals surface area contributed by atoms with Crippen LogP contribution in [0.25, 0.3) is 0 Å². The van der Waals surface area contributed by atoms with Crippen molar-refractivity contribution in [1.82, 2.24) is 4.72 Å². The van der Waals surface area contributed by atoms with Gasteiger partial charge in [0.15, 0.2) is 0 Å². The standard InChI is InChI=1S/C13H15ClN2O2S2/c1-9(15)10-2-5-12(6-3-10)20(17,18)16-8-11-4-7-13(14)19-11/h2-7,9,16H,8,15H2,1H3. The summed E-state index contributed by atoms with van der Waals surface area (Å²) in [7, 11) is -3.52. The Hall–Kier alpha value is -0.920. The fourth-order valence-corrected chi connectivity index (χ4v) is 3.77. The molecule has 1 heterocycles. The first-order valence-corrected chi connectivity index (χ1v) is 8.65. The van der Waals surface area contributed by atoms with Gasteiger partial charge in [0, 0.05) is 17.5 Å². The van der Waals surface area contributed by atoms with Crippen LogP contribution in [0.2, 0.25) is 4.34 Å². The quantitative estimate of drug-likeness (QED) is 0.885. The van der Waals surface area contributed by atoms with E-state index in [0.29, 0.717) is 4.34 Å². The molecule has 1 atom stereocenters. The molecule has 0 bridgehead atoms. The smallest absolute Gasteiger partial charge is 0.240 e. The Morgan fingerprint density at radius 2 is 1.90 bits per heavy atom. The Balaban J connectivity index is 2.09. The third kappa shape index (κ3) is 3.80. The summed E-state index contributed by atoms with van der Waals surface area (Å²) in [5.41, 5.74) is 6.63. The van der Waals surface area contributed by atoms with E-state index in [-0.39, 0.29) is 17.5 Å². The van der Waals surface area contributed by atoms with E-state index in [2.05, 4.69) is 4.72 Å². The van der Waals surface area contributed by atoms with Crippen molar-refractivity contribution in [2.24, 2.45) is 5.73 Å². The highest BCUT2D eigenvalue weighted by molar-refractivity contribution is 7.89. The Bertz CT molecular complexity index is 679. The molecule has 3 N–H and O–H groups in total. The molecule has 1 aromatic heterocycles. The van der Waals surface area contributed by atoms with Crippen molar-refractivity contribution >= 4 is 33.0 Å². The fourth-order valence-electron chi connectivity index (χ4n) is 1.65. The lowest BCUT2D eigenvalue weighted by molar-refractivity contribution is 0.581. The molecule has 0 aliphatic heterocycles. The van der Waals surface area contributed by atoms with Crippen LogP contribution in [0.1, 0.15) is 23.4 Å². The molecule has 4 nitrogen and oxygen atoms in total. The van der Waals surface area contributed by atoms with Gasteiger partial charge in [0.1, 0.15) is 0 Å². The molecule has 7 heteroatoms. The van der Waals surface area contributed by atoms with E-state index >= 15 is 0 Å². The fraction of sp³-hybridized carbons (Fsp3) is 0.231. The predicted molar refractivity (Wildman–Crippen MR) is 82.4 cm³/mol. The molecule has 0 fully saturated rings. The van der Waals surface area contributed by atoms with Crippen molar-refractivity contribution in [3.63, 3.8) is 0 Å². The Labute approximate surface area is 127 Å². The van der Waals surface area contributed by atoms with Gasteiger partial charge in [0.25, 0.3) is 0 Å². The molecule has 108 valence electrons. The highest BCUT2D eigenvalue weighted by Crippen LogP contribution is 2.22. The van der Waals surface area contributed by atoms with Gasteiger partial charge in [0.05, 0.1) is 9.23 Å². The predicted octanol–water partition coefficient (Wildman–Crippen LogP) is 2.90. The van der Waals surface area contributed by atoms with Crippen LogP contribution in [-0.2, 0) is 16.6 Å². The van der Waals surface area contributed by atoms with Gasteiger partial charge in [-0.25, -0.2) is 13.1 Å². The maximum absolute atomic E-state index is 12.1. The van der Waals surface area contributed by atoms with E-state index in [0.717, 1.165) is 10.4 Å². The summed E-state index contributed by atoms with van der Waals surface area (Å²) in [6, 6.07) is 9.99. The van der Waals surface area contributed by atoms with Gasteiger partial charge >= 0.3 is 0 Å². The summed E-state index contributed by atoms with van der Waals surface area (Å²) in [5, 5.41) is 0. The van der Waals surface area contributed by atoms with Gasteiger partial charge < -0.3 is 5.73 Å². The highest BCUT2D eigenvalue weighted by atomic mass is 35.5. The molecule has 0 saturated carbocycles. The third-order valence-electron chi connectivity index (χ3n) is 2.78. The van der Waals surface area contributed by atoms with E-state index in [1.165, 1.54) is 11.3 Å². The average molecular weight is 331 g/mol.